The second-order valence-corrected chi connectivity index (χ2v) is 18.0. The van der Waals surface area contributed by atoms with Crippen LogP contribution in [0.2, 0.25) is 5.02 Å². The number of halogens is 2. The molecule has 0 N–H and O–H groups in total. The minimum atomic E-state index is -1.21. The summed E-state index contributed by atoms with van der Waals surface area (Å²) in [6.45, 7) is 7.41. The van der Waals surface area contributed by atoms with Crippen molar-refractivity contribution < 1.29 is 32.9 Å². The summed E-state index contributed by atoms with van der Waals surface area (Å²) in [5, 5.41) is 1.09. The Balaban J connectivity index is 1.16. The summed E-state index contributed by atoms with van der Waals surface area (Å²) in [6, 6.07) is 25.2. The second kappa shape index (κ2) is 20.6. The number of aromatic nitrogens is 4. The number of methoxy groups -OCH3 is 1. The number of amides is 1. The lowest BCUT2D eigenvalue weighted by Gasteiger charge is -2.30. The van der Waals surface area contributed by atoms with Gasteiger partial charge in [-0.1, -0.05) is 66.6 Å². The number of carbonyl (C=O) groups is 2. The van der Waals surface area contributed by atoms with Gasteiger partial charge in [0, 0.05) is 47.7 Å². The van der Waals surface area contributed by atoms with Crippen LogP contribution in [0.25, 0.3) is 43.2 Å². The number of para-hydroxylation sites is 1. The maximum absolute atomic E-state index is 14.6. The molecule has 3 aliphatic rings. The van der Waals surface area contributed by atoms with Gasteiger partial charge in [-0.05, 0) is 110 Å². The Bertz CT molecular complexity index is 2930. The molecule has 12 nitrogen and oxygen atoms in total. The van der Waals surface area contributed by atoms with Crippen molar-refractivity contribution in [3.05, 3.63) is 136 Å². The Hall–Kier alpha value is -6.48. The first-order valence-electron chi connectivity index (χ1n) is 22.5. The van der Waals surface area contributed by atoms with Crippen LogP contribution >= 0.6 is 22.9 Å². The van der Waals surface area contributed by atoms with Gasteiger partial charge in [0.2, 0.25) is 17.9 Å². The molecular weight excluding hydrogens is 891 g/mol. The van der Waals surface area contributed by atoms with Gasteiger partial charge in [-0.25, -0.2) is 29.1 Å². The number of fused-ring (bicyclic) bond motifs is 7. The monoisotopic (exact) mass is 940 g/mol. The molecule has 4 bridgehead atoms. The molecule has 67 heavy (non-hydrogen) atoms. The maximum atomic E-state index is 14.6. The van der Waals surface area contributed by atoms with Crippen molar-refractivity contribution in [2.45, 2.75) is 65.2 Å². The second-order valence-electron chi connectivity index (χ2n) is 16.6. The zero-order valence-electron chi connectivity index (χ0n) is 37.6. The van der Waals surface area contributed by atoms with Crippen LogP contribution in [0.4, 0.5) is 4.39 Å². The van der Waals surface area contributed by atoms with E-state index in [1.807, 2.05) is 66.4 Å². The fourth-order valence-electron chi connectivity index (χ4n) is 8.79. The van der Waals surface area contributed by atoms with Gasteiger partial charge in [0.15, 0.2) is 5.82 Å². The Morgan fingerprint density at radius 3 is 2.55 bits per heavy atom. The molecule has 1 atom stereocenters. The van der Waals surface area contributed by atoms with Crippen molar-refractivity contribution in [2.24, 2.45) is 0 Å². The molecule has 3 aromatic heterocycles. The topological polar surface area (TPSA) is 129 Å². The molecule has 0 radical (unpaired) electrons. The third-order valence-corrected chi connectivity index (χ3v) is 13.9. The first-order valence-corrected chi connectivity index (χ1v) is 23.7. The molecule has 1 saturated heterocycles. The zero-order chi connectivity index (χ0) is 46.4. The van der Waals surface area contributed by atoms with Crippen LogP contribution in [0, 0.1) is 12.7 Å². The predicted molar refractivity (Wildman–Crippen MR) is 257 cm³/mol. The predicted octanol–water partition coefficient (Wildman–Crippen LogP) is 10.1. The third kappa shape index (κ3) is 10.1. The number of rotatable bonds is 11. The summed E-state index contributed by atoms with van der Waals surface area (Å²) >= 11 is 8.75. The number of nitrogens with zero attached hydrogens (tertiary/aromatic N) is 6. The van der Waals surface area contributed by atoms with Crippen LogP contribution in [-0.2, 0) is 40.3 Å². The fraction of sp³-hybridized carbons (Fsp3) is 0.308. The van der Waals surface area contributed by atoms with E-state index < -0.39 is 12.1 Å². The molecule has 0 unspecified atom stereocenters. The van der Waals surface area contributed by atoms with E-state index in [9.17, 15) is 14.0 Å². The lowest BCUT2D eigenvalue weighted by atomic mass is 9.94. The third-order valence-electron chi connectivity index (χ3n) is 12.3. The number of hydrogen-bond donors (Lipinski definition) is 0. The Morgan fingerprint density at radius 2 is 1.75 bits per heavy atom. The van der Waals surface area contributed by atoms with E-state index in [1.54, 1.807) is 38.4 Å². The molecule has 0 spiro atoms. The van der Waals surface area contributed by atoms with E-state index >= 15 is 0 Å². The van der Waals surface area contributed by atoms with Crippen molar-refractivity contribution >= 4 is 45.0 Å². The van der Waals surface area contributed by atoms with Gasteiger partial charge >= 0.3 is 5.97 Å². The highest BCUT2D eigenvalue weighted by Crippen LogP contribution is 2.49. The first kappa shape index (κ1) is 45.7. The average Bonchev–Trinajstić information content (AvgIpc) is 3.74. The van der Waals surface area contributed by atoms with Gasteiger partial charge in [-0.15, -0.1) is 11.3 Å². The highest BCUT2D eigenvalue weighted by molar-refractivity contribution is 7.22. The van der Waals surface area contributed by atoms with Gasteiger partial charge < -0.3 is 28.7 Å². The van der Waals surface area contributed by atoms with E-state index in [4.69, 9.17) is 35.5 Å². The molecule has 0 aliphatic carbocycles. The number of carbonyl (C=O) groups excluding carboxylic acids is 2. The Labute approximate surface area is 397 Å². The van der Waals surface area contributed by atoms with Crippen molar-refractivity contribution in [3.63, 3.8) is 0 Å². The van der Waals surface area contributed by atoms with Gasteiger partial charge in [0.25, 0.3) is 0 Å². The molecule has 6 heterocycles. The van der Waals surface area contributed by atoms with Crippen molar-refractivity contribution in [3.8, 4) is 50.3 Å². The fourth-order valence-corrected chi connectivity index (χ4v) is 10.2. The summed E-state index contributed by atoms with van der Waals surface area (Å²) in [5.74, 6) is 0.707. The number of hydrogen-bond acceptors (Lipinski definition) is 12. The number of thiophene rings is 1. The van der Waals surface area contributed by atoms with Crippen molar-refractivity contribution in [2.75, 3.05) is 39.9 Å². The summed E-state index contributed by atoms with van der Waals surface area (Å²) in [7, 11) is 1.60. The van der Waals surface area contributed by atoms with E-state index in [1.165, 1.54) is 36.2 Å². The minimum Gasteiger partial charge on any atom is -0.496 e. The van der Waals surface area contributed by atoms with Gasteiger partial charge in [0.05, 0.1) is 36.8 Å². The smallest absolute Gasteiger partial charge is 0.347 e. The van der Waals surface area contributed by atoms with Crippen LogP contribution in [0.1, 0.15) is 54.1 Å². The number of esters is 1. The molecule has 15 heteroatoms. The largest absolute Gasteiger partial charge is 0.496 e. The quantitative estimate of drug-likeness (QED) is 0.115. The molecule has 344 valence electrons. The Kier molecular flexibility index (Phi) is 14.0. The molecule has 4 aromatic carbocycles. The number of ether oxygens (including phenoxy) is 4. The highest BCUT2D eigenvalue weighted by Gasteiger charge is 2.30. The summed E-state index contributed by atoms with van der Waals surface area (Å²) in [5.41, 5.74) is 6.53. The van der Waals surface area contributed by atoms with Gasteiger partial charge in [0.1, 0.15) is 35.1 Å². The van der Waals surface area contributed by atoms with E-state index in [0.29, 0.717) is 56.9 Å². The van der Waals surface area contributed by atoms with Crippen LogP contribution < -0.4 is 14.2 Å². The molecule has 7 aromatic rings. The number of piperidine rings is 1. The minimum absolute atomic E-state index is 0.0000538. The first-order chi connectivity index (χ1) is 32.7. The molecule has 0 saturated carbocycles. The average molecular weight is 942 g/mol. The highest BCUT2D eigenvalue weighted by atomic mass is 35.5. The molecule has 1 amide bonds. The van der Waals surface area contributed by atoms with E-state index in [2.05, 4.69) is 19.9 Å². The Morgan fingerprint density at radius 1 is 0.925 bits per heavy atom. The lowest BCUT2D eigenvalue weighted by molar-refractivity contribution is -0.151. The normalized spacial score (nSPS) is 15.6. The van der Waals surface area contributed by atoms with Gasteiger partial charge in [-0.2, -0.15) is 0 Å². The van der Waals surface area contributed by atoms with E-state index in [0.717, 1.165) is 76.3 Å². The maximum Gasteiger partial charge on any atom is 0.347 e. The summed E-state index contributed by atoms with van der Waals surface area (Å²) < 4.78 is 38.9. The lowest BCUT2D eigenvalue weighted by Crippen LogP contribution is -2.40. The zero-order valence-corrected chi connectivity index (χ0v) is 39.2. The van der Waals surface area contributed by atoms with Crippen molar-refractivity contribution in [1.29, 1.82) is 0 Å². The molecule has 3 aliphatic heterocycles. The SMILES string of the molecule is CCOC(=O)[C@H]1Cc2cc(ccc2OCc2ccnc(-c3ccccc3OC)n2)CC(=O)N(CCN2CCCCC2)Cc2ccc(c(C)c2Cl)-c2c(-c3ccc(F)cc3)sc3ncnc(c23)O1. The van der Waals surface area contributed by atoms with Crippen LogP contribution in [-0.4, -0.2) is 87.6 Å². The van der Waals surface area contributed by atoms with Crippen LogP contribution in [0.15, 0.2) is 97.5 Å². The standard InChI is InChI=1S/C52H50ClFN6O6S/c1-4-64-52(62)43-28-36-26-33(12-19-41(36)65-30-38-20-21-55-49(58-38)40-10-6-7-11-42(40)63-3)27-44(61)60(25-24-59-22-8-5-9-23-59)29-35-15-18-39(32(2)47(35)53)45-46-50(66-43)56-31-57-51(46)67-48(45)34-13-16-37(54)17-14-34/h6-7,10-21,26,31,43H,4-5,8-9,22-25,27-30H2,1-3H3/t43-/m1/s1. The number of benzene rings is 4. The summed E-state index contributed by atoms with van der Waals surface area (Å²) in [6.07, 6.45) is 5.44. The molecule has 1 fully saturated rings. The molecule has 10 rings (SSSR count). The van der Waals surface area contributed by atoms with Crippen molar-refractivity contribution in [1.82, 2.24) is 29.7 Å². The van der Waals surface area contributed by atoms with Crippen LogP contribution in [0.3, 0.4) is 0 Å². The molecular formula is C52H50ClFN6O6S. The summed E-state index contributed by atoms with van der Waals surface area (Å²) in [4.78, 5) is 53.1. The number of likely N-dealkylation sites (tertiary alicyclic amines) is 1. The van der Waals surface area contributed by atoms with Crippen LogP contribution in [0.5, 0.6) is 17.4 Å². The van der Waals surface area contributed by atoms with E-state index in [-0.39, 0.29) is 43.7 Å². The van der Waals surface area contributed by atoms with Gasteiger partial charge in [-0.3, -0.25) is 4.79 Å².